The zero-order valence-electron chi connectivity index (χ0n) is 11.4. The van der Waals surface area contributed by atoms with Gasteiger partial charge in [-0.2, -0.15) is 5.10 Å². The summed E-state index contributed by atoms with van der Waals surface area (Å²) >= 11 is 0. The largest absolute Gasteiger partial charge is 0.310 e. The number of hydrogen-bond acceptors (Lipinski definition) is 2. The van der Waals surface area contributed by atoms with Crippen molar-refractivity contribution in [2.24, 2.45) is 0 Å². The summed E-state index contributed by atoms with van der Waals surface area (Å²) in [7, 11) is 0. The molecule has 2 rings (SSSR count). The highest BCUT2D eigenvalue weighted by atomic mass is 15.3. The number of nitrogens with zero attached hydrogens (tertiary/aromatic N) is 2. The van der Waals surface area contributed by atoms with Crippen LogP contribution in [0.4, 0.5) is 0 Å². The quantitative estimate of drug-likeness (QED) is 0.874. The summed E-state index contributed by atoms with van der Waals surface area (Å²) in [4.78, 5) is 0. The molecule has 0 aliphatic heterocycles. The number of nitrogens with one attached hydrogen (secondary N) is 1. The highest BCUT2D eigenvalue weighted by molar-refractivity contribution is 5.34. The number of hydrogen-bond donors (Lipinski definition) is 1. The van der Waals surface area contributed by atoms with Crippen LogP contribution in [0.1, 0.15) is 31.5 Å². The summed E-state index contributed by atoms with van der Waals surface area (Å²) in [6.45, 7) is 7.40. The second-order valence-electron chi connectivity index (χ2n) is 4.69. The van der Waals surface area contributed by atoms with Crippen LogP contribution in [0.2, 0.25) is 0 Å². The van der Waals surface area contributed by atoms with Crippen molar-refractivity contribution < 1.29 is 0 Å². The molecule has 96 valence electrons. The molecular weight excluding hydrogens is 222 g/mol. The van der Waals surface area contributed by atoms with Crippen LogP contribution < -0.4 is 5.32 Å². The van der Waals surface area contributed by atoms with Crippen molar-refractivity contribution in [3.8, 4) is 5.69 Å². The van der Waals surface area contributed by atoms with Crippen LogP contribution in [0, 0.1) is 6.92 Å². The Bertz CT molecular complexity index is 488. The Hall–Kier alpha value is -1.61. The lowest BCUT2D eigenvalue weighted by Crippen LogP contribution is -2.24. The third-order valence-electron chi connectivity index (χ3n) is 3.37. The van der Waals surface area contributed by atoms with E-state index >= 15 is 0 Å². The lowest BCUT2D eigenvalue weighted by atomic mass is 10.2. The zero-order valence-corrected chi connectivity index (χ0v) is 11.4. The first kappa shape index (κ1) is 12.8. The van der Waals surface area contributed by atoms with Crippen molar-refractivity contribution in [1.82, 2.24) is 15.1 Å². The molecule has 1 N–H and O–H groups in total. The second-order valence-corrected chi connectivity index (χ2v) is 4.69. The minimum Gasteiger partial charge on any atom is -0.310 e. The van der Waals surface area contributed by atoms with Crippen LogP contribution >= 0.6 is 0 Å². The van der Waals surface area contributed by atoms with Gasteiger partial charge in [-0.3, -0.25) is 0 Å². The van der Waals surface area contributed by atoms with Gasteiger partial charge in [0.15, 0.2) is 0 Å². The number of rotatable bonds is 5. The average molecular weight is 243 g/mol. The summed E-state index contributed by atoms with van der Waals surface area (Å²) in [5.41, 5.74) is 3.58. The molecule has 3 nitrogen and oxygen atoms in total. The van der Waals surface area contributed by atoms with E-state index in [1.807, 2.05) is 29.1 Å². The molecule has 1 aromatic heterocycles. The summed E-state index contributed by atoms with van der Waals surface area (Å²) in [5.74, 6) is 0. The molecule has 0 amide bonds. The van der Waals surface area contributed by atoms with Gasteiger partial charge in [0, 0.05) is 23.8 Å². The Morgan fingerprint density at radius 2 is 2.00 bits per heavy atom. The molecule has 3 heteroatoms. The predicted octanol–water partition coefficient (Wildman–Crippen LogP) is 3.07. The lowest BCUT2D eigenvalue weighted by Gasteiger charge is -2.11. The van der Waals surface area contributed by atoms with Gasteiger partial charge in [-0.25, -0.2) is 4.68 Å². The molecule has 0 aliphatic rings. The van der Waals surface area contributed by atoms with Gasteiger partial charge in [0.1, 0.15) is 0 Å². The normalized spacial score (nSPS) is 12.6. The van der Waals surface area contributed by atoms with Gasteiger partial charge in [-0.15, -0.1) is 0 Å². The van der Waals surface area contributed by atoms with Crippen molar-refractivity contribution in [3.05, 3.63) is 47.8 Å². The van der Waals surface area contributed by atoms with Gasteiger partial charge in [0.2, 0.25) is 0 Å². The van der Waals surface area contributed by atoms with Crippen LogP contribution in [-0.4, -0.2) is 15.8 Å². The molecule has 0 bridgehead atoms. The lowest BCUT2D eigenvalue weighted by molar-refractivity contribution is 0.533. The molecule has 0 saturated heterocycles. The smallest absolute Gasteiger partial charge is 0.0648 e. The van der Waals surface area contributed by atoms with E-state index in [0.29, 0.717) is 6.04 Å². The molecule has 18 heavy (non-hydrogen) atoms. The second kappa shape index (κ2) is 5.83. The number of benzene rings is 1. The molecular formula is C15H21N3. The fourth-order valence-corrected chi connectivity index (χ4v) is 1.88. The predicted molar refractivity (Wildman–Crippen MR) is 74.9 cm³/mol. The zero-order chi connectivity index (χ0) is 13.0. The molecule has 1 atom stereocenters. The van der Waals surface area contributed by atoms with Crippen molar-refractivity contribution in [3.63, 3.8) is 0 Å². The third kappa shape index (κ3) is 2.79. The Kier molecular flexibility index (Phi) is 4.15. The Labute approximate surface area is 109 Å². The van der Waals surface area contributed by atoms with Crippen LogP contribution in [0.15, 0.2) is 36.5 Å². The molecule has 1 unspecified atom stereocenters. The molecule has 0 saturated carbocycles. The Morgan fingerprint density at radius 1 is 1.28 bits per heavy atom. The molecule has 1 aromatic carbocycles. The van der Waals surface area contributed by atoms with E-state index in [1.54, 1.807) is 0 Å². The van der Waals surface area contributed by atoms with Gasteiger partial charge in [0.25, 0.3) is 0 Å². The van der Waals surface area contributed by atoms with Crippen molar-refractivity contribution in [1.29, 1.82) is 0 Å². The highest BCUT2D eigenvalue weighted by Crippen LogP contribution is 2.13. The first-order valence-electron chi connectivity index (χ1n) is 6.54. The Balaban J connectivity index is 2.14. The summed E-state index contributed by atoms with van der Waals surface area (Å²) in [6, 6.07) is 10.8. The SMILES string of the molecule is CCC(C)NCc1cnn(-c2ccccc2)c1C. The number of aromatic nitrogens is 2. The van der Waals surface area contributed by atoms with Gasteiger partial charge in [0.05, 0.1) is 11.9 Å². The van der Waals surface area contributed by atoms with Gasteiger partial charge in [-0.1, -0.05) is 25.1 Å². The maximum absolute atomic E-state index is 4.47. The molecule has 0 aliphatic carbocycles. The first-order chi connectivity index (χ1) is 8.72. The van der Waals surface area contributed by atoms with E-state index in [4.69, 9.17) is 0 Å². The van der Waals surface area contributed by atoms with Crippen LogP contribution in [0.3, 0.4) is 0 Å². The van der Waals surface area contributed by atoms with Crippen LogP contribution in [-0.2, 0) is 6.54 Å². The minimum atomic E-state index is 0.546. The van der Waals surface area contributed by atoms with Gasteiger partial charge >= 0.3 is 0 Å². The minimum absolute atomic E-state index is 0.546. The summed E-state index contributed by atoms with van der Waals surface area (Å²) < 4.78 is 1.99. The van der Waals surface area contributed by atoms with Gasteiger partial charge in [-0.05, 0) is 32.4 Å². The molecule has 0 spiro atoms. The summed E-state index contributed by atoms with van der Waals surface area (Å²) in [5, 5.41) is 7.97. The molecule has 1 heterocycles. The van der Waals surface area contributed by atoms with E-state index < -0.39 is 0 Å². The standard InChI is InChI=1S/C15H21N3/c1-4-12(2)16-10-14-11-17-18(13(14)3)15-8-6-5-7-9-15/h5-9,11-12,16H,4,10H2,1-3H3. The van der Waals surface area contributed by atoms with Gasteiger partial charge < -0.3 is 5.32 Å². The Morgan fingerprint density at radius 3 is 2.67 bits per heavy atom. The van der Waals surface area contributed by atoms with Crippen molar-refractivity contribution in [2.45, 2.75) is 39.8 Å². The fourth-order valence-electron chi connectivity index (χ4n) is 1.88. The fraction of sp³-hybridized carbons (Fsp3) is 0.400. The topological polar surface area (TPSA) is 29.9 Å². The van der Waals surface area contributed by atoms with E-state index in [1.165, 1.54) is 11.3 Å². The molecule has 0 radical (unpaired) electrons. The first-order valence-corrected chi connectivity index (χ1v) is 6.54. The number of para-hydroxylation sites is 1. The molecule has 2 aromatic rings. The monoisotopic (exact) mass is 243 g/mol. The summed E-state index contributed by atoms with van der Waals surface area (Å²) in [6.07, 6.45) is 3.10. The average Bonchev–Trinajstić information content (AvgIpc) is 2.78. The molecule has 0 fully saturated rings. The maximum atomic E-state index is 4.47. The highest BCUT2D eigenvalue weighted by Gasteiger charge is 2.08. The maximum Gasteiger partial charge on any atom is 0.0648 e. The van der Waals surface area contributed by atoms with Crippen molar-refractivity contribution in [2.75, 3.05) is 0 Å². The van der Waals surface area contributed by atoms with E-state index in [2.05, 4.69) is 43.3 Å². The van der Waals surface area contributed by atoms with E-state index in [-0.39, 0.29) is 0 Å². The van der Waals surface area contributed by atoms with Crippen LogP contribution in [0.25, 0.3) is 5.69 Å². The van der Waals surface area contributed by atoms with Crippen molar-refractivity contribution >= 4 is 0 Å². The van der Waals surface area contributed by atoms with Crippen LogP contribution in [0.5, 0.6) is 0 Å². The van der Waals surface area contributed by atoms with E-state index in [0.717, 1.165) is 18.7 Å². The van der Waals surface area contributed by atoms with E-state index in [9.17, 15) is 0 Å². The third-order valence-corrected chi connectivity index (χ3v) is 3.37.